The number of methoxy groups -OCH3 is 1. The van der Waals surface area contributed by atoms with Crippen LogP contribution in [0.4, 0.5) is 0 Å². The van der Waals surface area contributed by atoms with Gasteiger partial charge in [-0.15, -0.1) is 0 Å². The summed E-state index contributed by atoms with van der Waals surface area (Å²) in [5.41, 5.74) is 3.69. The third-order valence-corrected chi connectivity index (χ3v) is 6.63. The Kier molecular flexibility index (Phi) is 5.01. The molecule has 1 aliphatic heterocycles. The van der Waals surface area contributed by atoms with Gasteiger partial charge in [-0.2, -0.15) is 5.10 Å². The summed E-state index contributed by atoms with van der Waals surface area (Å²) in [6.07, 6.45) is 4.00. The van der Waals surface area contributed by atoms with Gasteiger partial charge in [0.15, 0.2) is 5.82 Å². The quantitative estimate of drug-likeness (QED) is 0.859. The smallest absolute Gasteiger partial charge is 0.251 e. The molecule has 1 atom stereocenters. The highest BCUT2D eigenvalue weighted by atomic mass is 16.5. The Labute approximate surface area is 173 Å². The zero-order chi connectivity index (χ0) is 20.8. The summed E-state index contributed by atoms with van der Waals surface area (Å²) in [7, 11) is 1.64. The number of benzene rings is 1. The average molecular weight is 397 g/mol. The van der Waals surface area contributed by atoms with Gasteiger partial charge in [0.2, 0.25) is 0 Å². The van der Waals surface area contributed by atoms with Crippen LogP contribution >= 0.6 is 0 Å². The predicted molar refractivity (Wildman–Crippen MR) is 112 cm³/mol. The predicted octanol–water partition coefficient (Wildman–Crippen LogP) is 3.52. The van der Waals surface area contributed by atoms with E-state index in [-0.39, 0.29) is 22.8 Å². The van der Waals surface area contributed by atoms with Crippen molar-refractivity contribution in [1.82, 2.24) is 20.1 Å². The molecule has 0 saturated heterocycles. The summed E-state index contributed by atoms with van der Waals surface area (Å²) in [5, 5.41) is 7.71. The molecule has 2 aromatic rings. The van der Waals surface area contributed by atoms with Gasteiger partial charge in [-0.3, -0.25) is 4.79 Å². The van der Waals surface area contributed by atoms with Crippen molar-refractivity contribution in [3.8, 4) is 0 Å². The summed E-state index contributed by atoms with van der Waals surface area (Å²) in [5.74, 6) is 1.67. The second-order valence-corrected chi connectivity index (χ2v) is 9.80. The summed E-state index contributed by atoms with van der Waals surface area (Å²) < 4.78 is 7.03. The number of carbonyl (C=O) groups excluding carboxylic acids is 1. The number of fused-ring (bicyclic) bond motifs is 2. The van der Waals surface area contributed by atoms with Gasteiger partial charge in [0.1, 0.15) is 12.4 Å². The number of hydrogen-bond donors (Lipinski definition) is 1. The van der Waals surface area contributed by atoms with Gasteiger partial charge in [-0.1, -0.05) is 33.8 Å². The van der Waals surface area contributed by atoms with E-state index in [1.807, 2.05) is 10.7 Å². The summed E-state index contributed by atoms with van der Waals surface area (Å²) in [4.78, 5) is 17.5. The zero-order valence-corrected chi connectivity index (χ0v) is 18.2. The molecule has 2 heterocycles. The molecule has 6 nitrogen and oxygen atoms in total. The molecule has 6 heteroatoms. The fourth-order valence-corrected chi connectivity index (χ4v) is 4.67. The van der Waals surface area contributed by atoms with Gasteiger partial charge in [-0.05, 0) is 53.4 Å². The van der Waals surface area contributed by atoms with Crippen molar-refractivity contribution >= 4 is 5.91 Å². The highest BCUT2D eigenvalue weighted by Gasteiger charge is 2.37. The Morgan fingerprint density at radius 2 is 1.93 bits per heavy atom. The minimum absolute atomic E-state index is 0.00217. The van der Waals surface area contributed by atoms with Gasteiger partial charge in [0, 0.05) is 25.1 Å². The first-order valence-electron chi connectivity index (χ1n) is 10.6. The van der Waals surface area contributed by atoms with Crippen molar-refractivity contribution in [2.75, 3.05) is 7.11 Å². The van der Waals surface area contributed by atoms with E-state index in [2.05, 4.69) is 55.2 Å². The number of rotatable bonds is 4. The molecule has 1 unspecified atom stereocenters. The first-order valence-corrected chi connectivity index (χ1v) is 10.6. The topological polar surface area (TPSA) is 69.0 Å². The monoisotopic (exact) mass is 396 g/mol. The normalized spacial score (nSPS) is 21.9. The van der Waals surface area contributed by atoms with Crippen molar-refractivity contribution in [3.05, 3.63) is 46.5 Å². The number of nitrogens with one attached hydrogen (secondary N) is 1. The molecule has 0 saturated carbocycles. The molecule has 0 fully saturated rings. The maximum Gasteiger partial charge on any atom is 0.251 e. The lowest BCUT2D eigenvalue weighted by Crippen LogP contribution is -2.41. The molecule has 0 bridgehead atoms. The van der Waals surface area contributed by atoms with E-state index in [9.17, 15) is 4.79 Å². The molecule has 156 valence electrons. The van der Waals surface area contributed by atoms with Crippen LogP contribution in [-0.2, 0) is 35.1 Å². The Hall–Kier alpha value is -2.21. The highest BCUT2D eigenvalue weighted by molar-refractivity contribution is 5.94. The molecule has 0 radical (unpaired) electrons. The summed E-state index contributed by atoms with van der Waals surface area (Å²) >= 11 is 0. The minimum atomic E-state index is -0.00217. The number of aryl methyl sites for hydroxylation is 1. The summed E-state index contributed by atoms with van der Waals surface area (Å²) in [6, 6.07) is 6.33. The zero-order valence-electron chi connectivity index (χ0n) is 18.2. The lowest BCUT2D eigenvalue weighted by molar-refractivity contribution is 0.0925. The van der Waals surface area contributed by atoms with E-state index >= 15 is 0 Å². The molecular weight excluding hydrogens is 364 g/mol. The molecule has 1 amide bonds. The van der Waals surface area contributed by atoms with Crippen LogP contribution in [0.3, 0.4) is 0 Å². The largest absolute Gasteiger partial charge is 0.377 e. The second-order valence-electron chi connectivity index (χ2n) is 9.80. The van der Waals surface area contributed by atoms with E-state index in [0.717, 1.165) is 30.7 Å². The van der Waals surface area contributed by atoms with E-state index in [1.165, 1.54) is 17.5 Å². The van der Waals surface area contributed by atoms with Crippen LogP contribution in [0.1, 0.15) is 80.1 Å². The van der Waals surface area contributed by atoms with Crippen molar-refractivity contribution in [1.29, 1.82) is 0 Å². The lowest BCUT2D eigenvalue weighted by Gasteiger charge is -2.42. The number of aromatic nitrogens is 3. The van der Waals surface area contributed by atoms with Crippen LogP contribution in [0.5, 0.6) is 0 Å². The maximum atomic E-state index is 13.0. The van der Waals surface area contributed by atoms with Crippen molar-refractivity contribution in [2.45, 2.75) is 83.4 Å². The van der Waals surface area contributed by atoms with E-state index in [0.29, 0.717) is 19.0 Å². The van der Waals surface area contributed by atoms with E-state index < -0.39 is 0 Å². The molecule has 2 aliphatic rings. The van der Waals surface area contributed by atoms with Gasteiger partial charge in [0.05, 0.1) is 6.54 Å². The van der Waals surface area contributed by atoms with E-state index in [1.54, 1.807) is 7.11 Å². The van der Waals surface area contributed by atoms with Gasteiger partial charge >= 0.3 is 0 Å². The van der Waals surface area contributed by atoms with Crippen LogP contribution in [0.2, 0.25) is 0 Å². The van der Waals surface area contributed by atoms with Crippen molar-refractivity contribution in [2.24, 2.45) is 0 Å². The van der Waals surface area contributed by atoms with Crippen LogP contribution in [-0.4, -0.2) is 33.8 Å². The number of amides is 1. The Morgan fingerprint density at radius 3 is 2.66 bits per heavy atom. The second kappa shape index (κ2) is 7.24. The van der Waals surface area contributed by atoms with Crippen molar-refractivity contribution < 1.29 is 9.53 Å². The Morgan fingerprint density at radius 1 is 1.21 bits per heavy atom. The number of ether oxygens (including phenoxy) is 1. The molecular formula is C23H32N4O2. The SMILES string of the molecule is COCc1nc2n(n1)CC(NC(=O)c1ccc3c(c1)C(C)(C)CCC3(C)C)CC2. The van der Waals surface area contributed by atoms with Crippen molar-refractivity contribution in [3.63, 3.8) is 0 Å². The highest BCUT2D eigenvalue weighted by Crippen LogP contribution is 2.45. The third kappa shape index (κ3) is 3.82. The molecule has 1 aromatic heterocycles. The molecule has 1 aromatic carbocycles. The molecule has 1 aliphatic carbocycles. The first kappa shape index (κ1) is 20.1. The molecule has 1 N–H and O–H groups in total. The molecule has 0 spiro atoms. The summed E-state index contributed by atoms with van der Waals surface area (Å²) in [6.45, 7) is 10.2. The third-order valence-electron chi connectivity index (χ3n) is 6.63. The van der Waals surface area contributed by atoms with Crippen LogP contribution in [0.15, 0.2) is 18.2 Å². The molecule has 4 rings (SSSR count). The van der Waals surface area contributed by atoms with E-state index in [4.69, 9.17) is 4.74 Å². The first-order chi connectivity index (χ1) is 13.7. The Balaban J connectivity index is 1.51. The lowest BCUT2D eigenvalue weighted by atomic mass is 9.63. The number of nitrogens with zero attached hydrogens (tertiary/aromatic N) is 3. The fraction of sp³-hybridized carbons (Fsp3) is 0.609. The maximum absolute atomic E-state index is 13.0. The van der Waals surface area contributed by atoms with Gasteiger partial charge < -0.3 is 10.1 Å². The van der Waals surface area contributed by atoms with Crippen LogP contribution < -0.4 is 5.32 Å². The fourth-order valence-electron chi connectivity index (χ4n) is 4.67. The average Bonchev–Trinajstić information content (AvgIpc) is 3.07. The minimum Gasteiger partial charge on any atom is -0.377 e. The number of hydrogen-bond acceptors (Lipinski definition) is 4. The molecule has 29 heavy (non-hydrogen) atoms. The standard InChI is InChI=1S/C23H32N4O2/c1-22(2)10-11-23(3,4)18-12-15(6-8-17(18)22)21(28)24-16-7-9-20-25-19(14-29-5)26-27(20)13-16/h6,8,12,16H,7,9-11,13-14H2,1-5H3,(H,24,28). The van der Waals surface area contributed by atoms with Gasteiger partial charge in [0.25, 0.3) is 5.91 Å². The van der Waals surface area contributed by atoms with Gasteiger partial charge in [-0.25, -0.2) is 9.67 Å². The van der Waals surface area contributed by atoms with Crippen LogP contribution in [0.25, 0.3) is 0 Å². The van der Waals surface area contributed by atoms with Crippen LogP contribution in [0, 0.1) is 0 Å². The Bertz CT molecular complexity index is 929. The number of carbonyl (C=O) groups is 1.